The molecule has 0 aromatic carbocycles. The number of hydroxylamine groups is 1. The van der Waals surface area contributed by atoms with Gasteiger partial charge in [-0.05, 0) is 31.3 Å². The molecule has 2 aliphatic rings. The van der Waals surface area contributed by atoms with Crippen LogP contribution in [0.5, 0.6) is 0 Å². The quantitative estimate of drug-likeness (QED) is 0.602. The van der Waals surface area contributed by atoms with E-state index in [1.807, 2.05) is 0 Å². The van der Waals surface area contributed by atoms with Crippen LogP contribution in [-0.2, 0) is 0 Å². The second-order valence-electron chi connectivity index (χ2n) is 3.62. The van der Waals surface area contributed by atoms with Gasteiger partial charge in [-0.3, -0.25) is 0 Å². The van der Waals surface area contributed by atoms with Crippen LogP contribution in [0, 0.1) is 0 Å². The third-order valence-electron chi connectivity index (χ3n) is 2.80. The van der Waals surface area contributed by atoms with E-state index in [2.05, 4.69) is 29.8 Å². The summed E-state index contributed by atoms with van der Waals surface area (Å²) in [6.07, 6.45) is 12.9. The van der Waals surface area contributed by atoms with E-state index in [1.54, 1.807) is 0 Å². The minimum absolute atomic E-state index is 0.153. The van der Waals surface area contributed by atoms with Gasteiger partial charge in [-0.15, -0.1) is 0 Å². The van der Waals surface area contributed by atoms with E-state index in [0.717, 1.165) is 12.8 Å². The standard InChI is InChI=1S/C11H15NO/c13-12-11-8-4-6-9-5-2-1-3-7-10(9)11/h1-3,7,11-13H,4-6,8H2. The van der Waals surface area contributed by atoms with Gasteiger partial charge < -0.3 is 5.21 Å². The lowest BCUT2D eigenvalue weighted by molar-refractivity contribution is 0.133. The highest BCUT2D eigenvalue weighted by Gasteiger charge is 2.20. The van der Waals surface area contributed by atoms with E-state index in [1.165, 1.54) is 24.0 Å². The minimum Gasteiger partial charge on any atom is -0.316 e. The molecule has 0 amide bonds. The first-order valence-electron chi connectivity index (χ1n) is 4.86. The summed E-state index contributed by atoms with van der Waals surface area (Å²) in [6.45, 7) is 0. The van der Waals surface area contributed by atoms with Crippen molar-refractivity contribution in [3.63, 3.8) is 0 Å². The maximum atomic E-state index is 8.98. The highest BCUT2D eigenvalue weighted by molar-refractivity contribution is 5.37. The summed E-state index contributed by atoms with van der Waals surface area (Å²) in [7, 11) is 0. The molecule has 0 fully saturated rings. The Kier molecular flexibility index (Phi) is 2.62. The maximum Gasteiger partial charge on any atom is 0.0568 e. The summed E-state index contributed by atoms with van der Waals surface area (Å²) in [5.74, 6) is 0. The Morgan fingerprint density at radius 3 is 3.15 bits per heavy atom. The van der Waals surface area contributed by atoms with E-state index in [4.69, 9.17) is 5.21 Å². The molecule has 1 unspecified atom stereocenters. The summed E-state index contributed by atoms with van der Waals surface area (Å²) in [5, 5.41) is 8.98. The van der Waals surface area contributed by atoms with E-state index in [0.29, 0.717) is 0 Å². The van der Waals surface area contributed by atoms with Crippen LogP contribution in [0.2, 0.25) is 0 Å². The average Bonchev–Trinajstić information content (AvgIpc) is 2.41. The van der Waals surface area contributed by atoms with Crippen LogP contribution in [0.25, 0.3) is 0 Å². The van der Waals surface area contributed by atoms with Crippen molar-refractivity contribution in [2.24, 2.45) is 0 Å². The van der Waals surface area contributed by atoms with E-state index in [9.17, 15) is 0 Å². The fourth-order valence-corrected chi connectivity index (χ4v) is 2.10. The molecule has 0 radical (unpaired) electrons. The van der Waals surface area contributed by atoms with Crippen molar-refractivity contribution in [1.82, 2.24) is 5.48 Å². The van der Waals surface area contributed by atoms with Crippen molar-refractivity contribution in [2.45, 2.75) is 31.7 Å². The van der Waals surface area contributed by atoms with Crippen molar-refractivity contribution < 1.29 is 5.21 Å². The van der Waals surface area contributed by atoms with Gasteiger partial charge in [0.05, 0.1) is 6.04 Å². The summed E-state index contributed by atoms with van der Waals surface area (Å²) in [6, 6.07) is 0.153. The van der Waals surface area contributed by atoms with Crippen LogP contribution in [0.4, 0.5) is 0 Å². The molecule has 0 heterocycles. The van der Waals surface area contributed by atoms with E-state index in [-0.39, 0.29) is 6.04 Å². The molecule has 2 aliphatic carbocycles. The van der Waals surface area contributed by atoms with Crippen molar-refractivity contribution >= 4 is 0 Å². The van der Waals surface area contributed by atoms with Gasteiger partial charge in [-0.1, -0.05) is 29.9 Å². The molecule has 70 valence electrons. The van der Waals surface area contributed by atoms with Gasteiger partial charge in [0, 0.05) is 0 Å². The molecule has 0 saturated heterocycles. The normalized spacial score (nSPS) is 27.3. The molecule has 0 spiro atoms. The lowest BCUT2D eigenvalue weighted by Gasteiger charge is -2.24. The Bertz CT molecular complexity index is 276. The zero-order valence-electron chi connectivity index (χ0n) is 7.66. The second-order valence-corrected chi connectivity index (χ2v) is 3.62. The van der Waals surface area contributed by atoms with Crippen LogP contribution >= 0.6 is 0 Å². The smallest absolute Gasteiger partial charge is 0.0568 e. The van der Waals surface area contributed by atoms with Crippen LogP contribution < -0.4 is 5.48 Å². The Hall–Kier alpha value is -0.860. The monoisotopic (exact) mass is 177 g/mol. The number of hydrogen-bond acceptors (Lipinski definition) is 2. The summed E-state index contributed by atoms with van der Waals surface area (Å²) in [4.78, 5) is 0. The molecule has 0 aromatic rings. The number of rotatable bonds is 1. The Morgan fingerprint density at radius 1 is 1.38 bits per heavy atom. The maximum absolute atomic E-state index is 8.98. The van der Waals surface area contributed by atoms with Gasteiger partial charge in [0.2, 0.25) is 0 Å². The van der Waals surface area contributed by atoms with Crippen molar-refractivity contribution in [2.75, 3.05) is 0 Å². The first-order valence-corrected chi connectivity index (χ1v) is 4.86. The van der Waals surface area contributed by atoms with Crippen molar-refractivity contribution in [3.05, 3.63) is 35.5 Å². The number of nitrogens with one attached hydrogen (secondary N) is 1. The third-order valence-corrected chi connectivity index (χ3v) is 2.80. The number of allylic oxidation sites excluding steroid dienone is 4. The Morgan fingerprint density at radius 2 is 2.31 bits per heavy atom. The van der Waals surface area contributed by atoms with Crippen molar-refractivity contribution in [1.29, 1.82) is 0 Å². The van der Waals surface area contributed by atoms with Gasteiger partial charge in [0.25, 0.3) is 0 Å². The average molecular weight is 177 g/mol. The van der Waals surface area contributed by atoms with Gasteiger partial charge in [-0.2, -0.15) is 5.48 Å². The molecule has 2 rings (SSSR count). The van der Waals surface area contributed by atoms with Gasteiger partial charge in [0.1, 0.15) is 0 Å². The lowest BCUT2D eigenvalue weighted by Crippen LogP contribution is -2.30. The molecule has 1 atom stereocenters. The van der Waals surface area contributed by atoms with Gasteiger partial charge in [0.15, 0.2) is 0 Å². The Balaban J connectivity index is 2.28. The van der Waals surface area contributed by atoms with Crippen LogP contribution in [0.3, 0.4) is 0 Å². The molecule has 2 nitrogen and oxygen atoms in total. The third kappa shape index (κ3) is 1.74. The molecular formula is C11H15NO. The van der Waals surface area contributed by atoms with Gasteiger partial charge >= 0.3 is 0 Å². The highest BCUT2D eigenvalue weighted by atomic mass is 16.5. The van der Waals surface area contributed by atoms with Crippen LogP contribution in [0.15, 0.2) is 35.5 Å². The first kappa shape index (κ1) is 8.73. The van der Waals surface area contributed by atoms with E-state index < -0.39 is 0 Å². The predicted octanol–water partition coefficient (Wildman–Crippen LogP) is 2.33. The molecule has 13 heavy (non-hydrogen) atoms. The largest absolute Gasteiger partial charge is 0.316 e. The molecule has 0 aliphatic heterocycles. The minimum atomic E-state index is 0.153. The molecule has 2 N–H and O–H groups in total. The summed E-state index contributed by atoms with van der Waals surface area (Å²) < 4.78 is 0. The fourth-order valence-electron chi connectivity index (χ4n) is 2.10. The second kappa shape index (κ2) is 3.90. The summed E-state index contributed by atoms with van der Waals surface area (Å²) >= 11 is 0. The van der Waals surface area contributed by atoms with Gasteiger partial charge in [-0.25, -0.2) is 0 Å². The first-order chi connectivity index (χ1) is 6.42. The lowest BCUT2D eigenvalue weighted by atomic mass is 9.87. The molecule has 2 heteroatoms. The molecular weight excluding hydrogens is 162 g/mol. The zero-order chi connectivity index (χ0) is 9.10. The van der Waals surface area contributed by atoms with Crippen LogP contribution in [-0.4, -0.2) is 11.2 Å². The topological polar surface area (TPSA) is 32.3 Å². The SMILES string of the molecule is ONC1CCCC2=C1C=CC=CC2. The van der Waals surface area contributed by atoms with Crippen LogP contribution in [0.1, 0.15) is 25.7 Å². The van der Waals surface area contributed by atoms with E-state index >= 15 is 0 Å². The predicted molar refractivity (Wildman–Crippen MR) is 52.5 cm³/mol. The highest BCUT2D eigenvalue weighted by Crippen LogP contribution is 2.29. The molecule has 0 saturated carbocycles. The summed E-state index contributed by atoms with van der Waals surface area (Å²) in [5.41, 5.74) is 5.16. The number of hydrogen-bond donors (Lipinski definition) is 2. The fraction of sp³-hybridized carbons (Fsp3) is 0.455. The molecule has 0 bridgehead atoms. The molecule has 0 aromatic heterocycles. The van der Waals surface area contributed by atoms with Crippen molar-refractivity contribution in [3.8, 4) is 0 Å². The Labute approximate surface area is 78.6 Å². The zero-order valence-corrected chi connectivity index (χ0v) is 7.66.